The topological polar surface area (TPSA) is 66.0 Å². The van der Waals surface area contributed by atoms with Crippen LogP contribution in [0.25, 0.3) is 0 Å². The van der Waals surface area contributed by atoms with Crippen molar-refractivity contribution in [3.8, 4) is 0 Å². The van der Waals surface area contributed by atoms with Crippen LogP contribution in [-0.4, -0.2) is 13.7 Å². The van der Waals surface area contributed by atoms with E-state index in [1.54, 1.807) is 24.3 Å². The van der Waals surface area contributed by atoms with Crippen molar-refractivity contribution >= 4 is 11.6 Å². The van der Waals surface area contributed by atoms with Crippen LogP contribution >= 0.6 is 11.6 Å². The second kappa shape index (κ2) is 7.11. The van der Waals surface area contributed by atoms with Crippen LogP contribution in [0.2, 0.25) is 5.02 Å². The van der Waals surface area contributed by atoms with Gasteiger partial charge >= 0.3 is 17.1 Å². The third kappa shape index (κ3) is 3.43. The fourth-order valence-corrected chi connectivity index (χ4v) is 2.42. The molecule has 0 spiro atoms. The van der Waals surface area contributed by atoms with E-state index in [-0.39, 0.29) is 19.6 Å². The lowest BCUT2D eigenvalue weighted by atomic mass is 10.2. The Kier molecular flexibility index (Phi) is 5.18. The largest absolute Gasteiger partial charge is 0.336 e. The Labute approximate surface area is 137 Å². The van der Waals surface area contributed by atoms with Crippen LogP contribution in [0.1, 0.15) is 5.56 Å². The fraction of sp³-hybridized carbons (Fsp3) is 0.188. The second-order valence-corrected chi connectivity index (χ2v) is 5.30. The molecular weight excluding hydrogens is 318 g/mol. The van der Waals surface area contributed by atoms with Crippen molar-refractivity contribution in [1.29, 1.82) is 0 Å². The van der Waals surface area contributed by atoms with Crippen LogP contribution in [0.5, 0.6) is 0 Å². The lowest BCUT2D eigenvalue weighted by molar-refractivity contribution is 0.498. The summed E-state index contributed by atoms with van der Waals surface area (Å²) in [6.07, 6.45) is 2.85. The van der Waals surface area contributed by atoms with Crippen molar-refractivity contribution < 1.29 is 0 Å². The third-order valence-corrected chi connectivity index (χ3v) is 3.47. The number of aromatic nitrogens is 3. The number of nitrogens with zero attached hydrogens (tertiary/aromatic N) is 3. The Bertz CT molecular complexity index is 873. The van der Waals surface area contributed by atoms with Gasteiger partial charge in [-0.1, -0.05) is 35.9 Å². The van der Waals surface area contributed by atoms with Gasteiger partial charge in [-0.3, -0.25) is 0 Å². The van der Waals surface area contributed by atoms with Gasteiger partial charge in [0.1, 0.15) is 0 Å². The Hall–Kier alpha value is -2.60. The molecule has 0 amide bonds. The van der Waals surface area contributed by atoms with Gasteiger partial charge in [-0.25, -0.2) is 28.1 Å². The molecule has 0 atom stereocenters. The van der Waals surface area contributed by atoms with Crippen LogP contribution < -0.4 is 17.1 Å². The first-order chi connectivity index (χ1) is 11.0. The first-order valence-electron chi connectivity index (χ1n) is 6.90. The smallest absolute Gasteiger partial charge is 0.247 e. The summed E-state index contributed by atoms with van der Waals surface area (Å²) in [5.41, 5.74) is -1.35. The molecule has 23 heavy (non-hydrogen) atoms. The van der Waals surface area contributed by atoms with Gasteiger partial charge in [-0.2, -0.15) is 0 Å². The molecule has 0 radical (unpaired) electrons. The summed E-state index contributed by atoms with van der Waals surface area (Å²) < 4.78 is 2.92. The van der Waals surface area contributed by atoms with Gasteiger partial charge in [-0.05, 0) is 17.7 Å². The van der Waals surface area contributed by atoms with E-state index >= 15 is 0 Å². The van der Waals surface area contributed by atoms with Gasteiger partial charge in [0.25, 0.3) is 0 Å². The standard InChI is InChI=1S/C16H16ClN3O3/c1-3-8-18-14(21)19(9-4-2)16(23)20(15(18)22)11-12-6-5-7-13(17)10-12/h3-7,10H,1-2,8-9,11H2. The zero-order valence-electron chi connectivity index (χ0n) is 12.4. The summed E-state index contributed by atoms with van der Waals surface area (Å²) in [6.45, 7) is 7.11. The lowest BCUT2D eigenvalue weighted by Gasteiger charge is -2.12. The Morgan fingerprint density at radius 2 is 1.43 bits per heavy atom. The minimum absolute atomic E-state index is 0.0185. The van der Waals surface area contributed by atoms with E-state index in [0.29, 0.717) is 10.6 Å². The molecule has 0 bridgehead atoms. The van der Waals surface area contributed by atoms with Gasteiger partial charge < -0.3 is 0 Å². The normalized spacial score (nSPS) is 10.5. The Balaban J connectivity index is 2.69. The maximum Gasteiger partial charge on any atom is 0.336 e. The van der Waals surface area contributed by atoms with Gasteiger partial charge in [-0.15, -0.1) is 13.2 Å². The zero-order chi connectivity index (χ0) is 17.0. The summed E-state index contributed by atoms with van der Waals surface area (Å²) in [6, 6.07) is 6.83. The molecule has 1 aromatic heterocycles. The molecule has 0 N–H and O–H groups in total. The molecule has 0 unspecified atom stereocenters. The summed E-state index contributed by atoms with van der Waals surface area (Å²) in [5, 5.41) is 0.501. The average Bonchev–Trinajstić information content (AvgIpc) is 2.52. The number of hydrogen-bond donors (Lipinski definition) is 0. The first kappa shape index (κ1) is 16.8. The lowest BCUT2D eigenvalue weighted by Crippen LogP contribution is -2.54. The maximum atomic E-state index is 12.5. The number of rotatable bonds is 6. The fourth-order valence-electron chi connectivity index (χ4n) is 2.21. The molecule has 0 aliphatic carbocycles. The van der Waals surface area contributed by atoms with Crippen molar-refractivity contribution in [1.82, 2.24) is 13.7 Å². The molecule has 6 nitrogen and oxygen atoms in total. The van der Waals surface area contributed by atoms with Crippen molar-refractivity contribution in [3.05, 3.63) is 91.6 Å². The van der Waals surface area contributed by atoms with Crippen molar-refractivity contribution in [3.63, 3.8) is 0 Å². The van der Waals surface area contributed by atoms with Crippen molar-refractivity contribution in [2.24, 2.45) is 0 Å². The predicted molar refractivity (Wildman–Crippen MR) is 90.2 cm³/mol. The molecule has 0 fully saturated rings. The van der Waals surface area contributed by atoms with Gasteiger partial charge in [0.15, 0.2) is 0 Å². The van der Waals surface area contributed by atoms with Crippen molar-refractivity contribution in [2.45, 2.75) is 19.6 Å². The highest BCUT2D eigenvalue weighted by atomic mass is 35.5. The van der Waals surface area contributed by atoms with E-state index in [0.717, 1.165) is 13.7 Å². The summed E-state index contributed by atoms with van der Waals surface area (Å²) in [7, 11) is 0. The Morgan fingerprint density at radius 3 is 1.91 bits per heavy atom. The minimum Gasteiger partial charge on any atom is -0.247 e. The highest BCUT2D eigenvalue weighted by Gasteiger charge is 2.14. The van der Waals surface area contributed by atoms with E-state index < -0.39 is 17.1 Å². The van der Waals surface area contributed by atoms with Gasteiger partial charge in [0, 0.05) is 5.02 Å². The van der Waals surface area contributed by atoms with E-state index in [4.69, 9.17) is 11.6 Å². The predicted octanol–water partition coefficient (Wildman–Crippen LogP) is 1.25. The zero-order valence-corrected chi connectivity index (χ0v) is 13.2. The SMILES string of the molecule is C=CCn1c(=O)n(CC=C)c(=O)n(Cc2cccc(Cl)c2)c1=O. The molecule has 1 heterocycles. The highest BCUT2D eigenvalue weighted by molar-refractivity contribution is 6.30. The highest BCUT2D eigenvalue weighted by Crippen LogP contribution is 2.10. The number of allylic oxidation sites excluding steroid dienone is 2. The van der Waals surface area contributed by atoms with Crippen LogP contribution in [-0.2, 0) is 19.6 Å². The third-order valence-electron chi connectivity index (χ3n) is 3.24. The molecule has 1 aromatic carbocycles. The average molecular weight is 334 g/mol. The molecule has 120 valence electrons. The second-order valence-electron chi connectivity index (χ2n) is 4.86. The number of hydrogen-bond acceptors (Lipinski definition) is 3. The first-order valence-corrected chi connectivity index (χ1v) is 7.28. The van der Waals surface area contributed by atoms with Gasteiger partial charge in [0.2, 0.25) is 0 Å². The minimum atomic E-state index is -0.680. The molecule has 0 aliphatic heterocycles. The van der Waals surface area contributed by atoms with E-state index in [1.807, 2.05) is 0 Å². The van der Waals surface area contributed by atoms with E-state index in [9.17, 15) is 14.4 Å². The van der Waals surface area contributed by atoms with Crippen LogP contribution in [0, 0.1) is 0 Å². The maximum absolute atomic E-state index is 12.5. The van der Waals surface area contributed by atoms with Crippen LogP contribution in [0.15, 0.2) is 64.0 Å². The number of benzene rings is 1. The summed E-state index contributed by atoms with van der Waals surface area (Å²) >= 11 is 5.93. The monoisotopic (exact) mass is 333 g/mol. The molecule has 0 aliphatic rings. The van der Waals surface area contributed by atoms with Crippen LogP contribution in [0.4, 0.5) is 0 Å². The molecular formula is C16H16ClN3O3. The van der Waals surface area contributed by atoms with E-state index in [2.05, 4.69) is 13.2 Å². The molecule has 2 rings (SSSR count). The van der Waals surface area contributed by atoms with E-state index in [1.165, 1.54) is 12.2 Å². The molecule has 2 aromatic rings. The summed E-state index contributed by atoms with van der Waals surface area (Å²) in [5.74, 6) is 0. The van der Waals surface area contributed by atoms with Gasteiger partial charge in [0.05, 0.1) is 19.6 Å². The van der Waals surface area contributed by atoms with Crippen molar-refractivity contribution in [2.75, 3.05) is 0 Å². The Morgan fingerprint density at radius 1 is 0.913 bits per heavy atom. The molecule has 0 saturated heterocycles. The quantitative estimate of drug-likeness (QED) is 0.747. The number of halogens is 1. The summed E-state index contributed by atoms with van der Waals surface area (Å²) in [4.78, 5) is 37.1. The van der Waals surface area contributed by atoms with Crippen LogP contribution in [0.3, 0.4) is 0 Å². The molecule has 7 heteroatoms. The molecule has 0 saturated carbocycles.